The van der Waals surface area contributed by atoms with Gasteiger partial charge in [0.2, 0.25) is 0 Å². The van der Waals surface area contributed by atoms with Gasteiger partial charge in [-0.25, -0.2) is 4.79 Å². The average Bonchev–Trinajstić information content (AvgIpc) is 3.10. The van der Waals surface area contributed by atoms with E-state index in [-0.39, 0.29) is 24.2 Å². The summed E-state index contributed by atoms with van der Waals surface area (Å²) in [5.41, 5.74) is 20.1. The first-order valence-electron chi connectivity index (χ1n) is 14.3. The molecule has 224 valence electrons. The lowest BCUT2D eigenvalue weighted by atomic mass is 9.72. The molecule has 1 aliphatic heterocycles. The van der Waals surface area contributed by atoms with Crippen LogP contribution in [0.5, 0.6) is 0 Å². The van der Waals surface area contributed by atoms with Crippen molar-refractivity contribution in [1.29, 1.82) is 0 Å². The van der Waals surface area contributed by atoms with Crippen LogP contribution in [0.3, 0.4) is 0 Å². The lowest BCUT2D eigenvalue weighted by molar-refractivity contribution is -0.140. The van der Waals surface area contributed by atoms with Crippen LogP contribution < -0.4 is 22.1 Å². The summed E-state index contributed by atoms with van der Waals surface area (Å²) in [4.78, 5) is 34.2. The summed E-state index contributed by atoms with van der Waals surface area (Å²) >= 11 is 0. The molecule has 1 atom stereocenters. The topological polar surface area (TPSA) is 173 Å². The summed E-state index contributed by atoms with van der Waals surface area (Å²) in [6, 6.07) is 14.9. The predicted molar refractivity (Wildman–Crippen MR) is 165 cm³/mol. The van der Waals surface area contributed by atoms with E-state index in [0.29, 0.717) is 19.0 Å². The molecule has 2 amide bonds. The van der Waals surface area contributed by atoms with Gasteiger partial charge in [0, 0.05) is 6.42 Å². The molecule has 0 saturated heterocycles. The first-order chi connectivity index (χ1) is 19.5. The van der Waals surface area contributed by atoms with E-state index in [1.54, 1.807) is 4.90 Å². The Labute approximate surface area is 243 Å². The third-order valence-electron chi connectivity index (χ3n) is 7.49. The van der Waals surface area contributed by atoms with Crippen LogP contribution in [0.1, 0.15) is 76.3 Å². The van der Waals surface area contributed by atoms with Gasteiger partial charge in [0.1, 0.15) is 0 Å². The van der Waals surface area contributed by atoms with Crippen molar-refractivity contribution in [3.8, 4) is 0 Å². The maximum absolute atomic E-state index is 11.8. The maximum Gasteiger partial charge on any atom is 0.323 e. The van der Waals surface area contributed by atoms with E-state index in [9.17, 15) is 14.4 Å². The van der Waals surface area contributed by atoms with E-state index in [1.807, 2.05) is 60.7 Å². The fourth-order valence-electron chi connectivity index (χ4n) is 5.46. The number of rotatable bonds is 8. The normalized spacial score (nSPS) is 15.6. The summed E-state index contributed by atoms with van der Waals surface area (Å²) in [5.74, 6) is -0.779. The Morgan fingerprint density at radius 1 is 0.854 bits per heavy atom. The van der Waals surface area contributed by atoms with Crippen LogP contribution in [0.15, 0.2) is 48.5 Å². The van der Waals surface area contributed by atoms with Crippen molar-refractivity contribution in [3.63, 3.8) is 0 Å². The number of carbonyl (C=O) groups excluding carboxylic acids is 1. The average molecular weight is 567 g/mol. The van der Waals surface area contributed by atoms with Crippen molar-refractivity contribution in [1.82, 2.24) is 0 Å². The number of carboxylic acid groups (broad SMARTS) is 2. The minimum atomic E-state index is -0.749. The number of aliphatic carboxylic acids is 2. The summed E-state index contributed by atoms with van der Waals surface area (Å²) in [6.07, 6.45) is 10.9. The van der Waals surface area contributed by atoms with E-state index < -0.39 is 18.0 Å². The molecular weight excluding hydrogens is 520 g/mol. The zero-order valence-electron chi connectivity index (χ0n) is 24.3. The fourth-order valence-corrected chi connectivity index (χ4v) is 5.46. The van der Waals surface area contributed by atoms with Crippen LogP contribution in [-0.4, -0.2) is 41.3 Å². The second kappa shape index (κ2) is 16.5. The van der Waals surface area contributed by atoms with Crippen LogP contribution in [0.25, 0.3) is 12.2 Å². The molecule has 8 N–H and O–H groups in total. The quantitative estimate of drug-likeness (QED) is 0.267. The minimum absolute atomic E-state index is 0.0793. The summed E-state index contributed by atoms with van der Waals surface area (Å²) in [6.45, 7) is 5.15. The molecule has 1 aliphatic carbocycles. The van der Waals surface area contributed by atoms with Gasteiger partial charge < -0.3 is 27.4 Å². The second-order valence-electron chi connectivity index (χ2n) is 11.3. The lowest BCUT2D eigenvalue weighted by Gasteiger charge is -2.34. The van der Waals surface area contributed by atoms with Crippen LogP contribution >= 0.6 is 0 Å². The third-order valence-corrected chi connectivity index (χ3v) is 7.49. The number of hydrogen-bond donors (Lipinski definition) is 5. The highest BCUT2D eigenvalue weighted by Gasteiger charge is 2.32. The van der Waals surface area contributed by atoms with Crippen molar-refractivity contribution in [3.05, 3.63) is 59.7 Å². The number of nitrogens with two attached hydrogens (primary N) is 3. The minimum Gasteiger partial charge on any atom is -0.481 e. The van der Waals surface area contributed by atoms with Gasteiger partial charge in [-0.1, -0.05) is 81.7 Å². The van der Waals surface area contributed by atoms with Crippen molar-refractivity contribution < 1.29 is 24.6 Å². The maximum atomic E-state index is 11.8. The van der Waals surface area contributed by atoms with Gasteiger partial charge in [0.15, 0.2) is 0 Å². The molecule has 1 fully saturated rings. The molecule has 0 spiro atoms. The van der Waals surface area contributed by atoms with E-state index in [0.717, 1.165) is 54.6 Å². The monoisotopic (exact) mass is 566 g/mol. The van der Waals surface area contributed by atoms with Crippen molar-refractivity contribution in [2.24, 2.45) is 34.5 Å². The highest BCUT2D eigenvalue weighted by atomic mass is 16.4. The number of para-hydroxylation sites is 2. The number of nitrogens with zero attached hydrogens (tertiary/aromatic N) is 1. The molecule has 9 nitrogen and oxygen atoms in total. The van der Waals surface area contributed by atoms with Gasteiger partial charge in [-0.05, 0) is 72.9 Å². The molecule has 1 saturated carbocycles. The van der Waals surface area contributed by atoms with Gasteiger partial charge in [-0.15, -0.1) is 0 Å². The van der Waals surface area contributed by atoms with E-state index in [4.69, 9.17) is 27.4 Å². The fraction of sp³-hybridized carbons (Fsp3) is 0.469. The van der Waals surface area contributed by atoms with Crippen LogP contribution in [0.4, 0.5) is 16.2 Å². The first kappa shape index (κ1) is 33.5. The zero-order chi connectivity index (χ0) is 30.4. The molecule has 0 aromatic heterocycles. The molecule has 4 rings (SSSR count). The molecule has 41 heavy (non-hydrogen) atoms. The van der Waals surface area contributed by atoms with Crippen molar-refractivity contribution in [2.45, 2.75) is 65.2 Å². The summed E-state index contributed by atoms with van der Waals surface area (Å²) in [5, 5.41) is 17.2. The molecule has 9 heteroatoms. The molecule has 2 aliphatic rings. The molecule has 2 aromatic carbocycles. The largest absolute Gasteiger partial charge is 0.481 e. The van der Waals surface area contributed by atoms with Crippen molar-refractivity contribution in [2.75, 3.05) is 18.0 Å². The van der Waals surface area contributed by atoms with Crippen LogP contribution in [-0.2, 0) is 9.59 Å². The number of urea groups is 1. The Hall–Kier alpha value is -3.69. The molecule has 0 radical (unpaired) electrons. The van der Waals surface area contributed by atoms with E-state index >= 15 is 0 Å². The Bertz CT molecular complexity index is 1120. The van der Waals surface area contributed by atoms with Gasteiger partial charge in [0.05, 0.1) is 17.8 Å². The SMILES string of the molecule is CC(C)C[C@H](CN)CC(=O)O.NC(=O)N1c2ccccc2C=Cc2ccccc21.NCC1(CC(=O)O)CCCCC1. The van der Waals surface area contributed by atoms with Gasteiger partial charge in [-0.3, -0.25) is 14.5 Å². The van der Waals surface area contributed by atoms with E-state index in [1.165, 1.54) is 6.42 Å². The number of anilines is 2. The Morgan fingerprint density at radius 3 is 1.76 bits per heavy atom. The third kappa shape index (κ3) is 10.7. The standard InChI is InChI=1S/C15H12N2O.C9H17NO2.C8H17NO2/c16-15(18)17-13-7-3-1-5-11(13)9-10-12-6-2-4-8-14(12)17;10-7-9(6-8(11)12)4-2-1-3-5-9;1-6(2)3-7(5-9)4-8(10)11/h1-10H,(H2,16,18);1-7,10H2,(H,11,12);6-7H,3-5,9H2,1-2H3,(H,10,11)/t;;7-/m..0/s1. The Morgan fingerprint density at radius 2 is 1.37 bits per heavy atom. The summed E-state index contributed by atoms with van der Waals surface area (Å²) < 4.78 is 0. The number of fused-ring (bicyclic) bond motifs is 2. The summed E-state index contributed by atoms with van der Waals surface area (Å²) in [7, 11) is 0. The lowest BCUT2D eigenvalue weighted by Crippen LogP contribution is -2.34. The molecule has 1 heterocycles. The highest BCUT2D eigenvalue weighted by molar-refractivity contribution is 6.04. The van der Waals surface area contributed by atoms with Crippen molar-refractivity contribution >= 4 is 41.5 Å². The number of benzene rings is 2. The first-order valence-corrected chi connectivity index (χ1v) is 14.3. The van der Waals surface area contributed by atoms with Gasteiger partial charge in [-0.2, -0.15) is 0 Å². The number of hydrogen-bond acceptors (Lipinski definition) is 5. The second-order valence-corrected chi connectivity index (χ2v) is 11.3. The molecule has 2 aromatic rings. The Kier molecular flexibility index (Phi) is 13.5. The molecule has 0 bridgehead atoms. The predicted octanol–water partition coefficient (Wildman–Crippen LogP) is 5.84. The van der Waals surface area contributed by atoms with Gasteiger partial charge in [0.25, 0.3) is 0 Å². The molecular formula is C32H46N4O5. The molecule has 0 unspecified atom stereocenters. The Balaban J connectivity index is 0.000000226. The number of carbonyl (C=O) groups is 3. The van der Waals surface area contributed by atoms with Gasteiger partial charge >= 0.3 is 18.0 Å². The zero-order valence-corrected chi connectivity index (χ0v) is 24.3. The highest BCUT2D eigenvalue weighted by Crippen LogP contribution is 2.38. The van der Waals surface area contributed by atoms with E-state index in [2.05, 4.69) is 13.8 Å². The van der Waals surface area contributed by atoms with Crippen LogP contribution in [0.2, 0.25) is 0 Å². The number of carboxylic acids is 2. The number of primary amides is 1. The smallest absolute Gasteiger partial charge is 0.323 e. The van der Waals surface area contributed by atoms with Crippen LogP contribution in [0, 0.1) is 17.3 Å². The number of amides is 2.